The number of aliphatic hydroxyl groups excluding tert-OH is 1. The second-order valence-electron chi connectivity index (χ2n) is 6.80. The summed E-state index contributed by atoms with van der Waals surface area (Å²) in [5.74, 6) is -3.08. The van der Waals surface area contributed by atoms with Crippen molar-refractivity contribution in [2.75, 3.05) is 4.90 Å². The molecular formula is C24H17NO5. The number of anilines is 1. The van der Waals surface area contributed by atoms with Crippen molar-refractivity contribution in [3.8, 4) is 0 Å². The molecule has 1 aliphatic heterocycles. The van der Waals surface area contributed by atoms with E-state index in [9.17, 15) is 24.6 Å². The van der Waals surface area contributed by atoms with Crippen LogP contribution in [0.1, 0.15) is 27.5 Å². The molecule has 1 fully saturated rings. The molecule has 1 unspecified atom stereocenters. The Balaban J connectivity index is 1.95. The summed E-state index contributed by atoms with van der Waals surface area (Å²) >= 11 is 0. The Morgan fingerprint density at radius 1 is 0.767 bits per heavy atom. The molecule has 1 amide bonds. The summed E-state index contributed by atoms with van der Waals surface area (Å²) < 4.78 is 0. The van der Waals surface area contributed by atoms with Crippen LogP contribution < -0.4 is 4.90 Å². The number of carboxylic acid groups (broad SMARTS) is 1. The molecule has 0 saturated carbocycles. The van der Waals surface area contributed by atoms with Gasteiger partial charge in [0, 0.05) is 11.3 Å². The number of ketones is 1. The van der Waals surface area contributed by atoms with Gasteiger partial charge in [-0.3, -0.25) is 14.5 Å². The molecule has 4 rings (SSSR count). The highest BCUT2D eigenvalue weighted by atomic mass is 16.4. The maximum atomic E-state index is 13.0. The Labute approximate surface area is 172 Å². The van der Waals surface area contributed by atoms with Crippen LogP contribution in [-0.2, 0) is 9.59 Å². The number of aromatic carboxylic acids is 1. The van der Waals surface area contributed by atoms with Gasteiger partial charge in [-0.1, -0.05) is 66.7 Å². The minimum Gasteiger partial charge on any atom is -0.507 e. The van der Waals surface area contributed by atoms with Crippen molar-refractivity contribution in [1.29, 1.82) is 0 Å². The van der Waals surface area contributed by atoms with E-state index in [2.05, 4.69) is 0 Å². The fourth-order valence-corrected chi connectivity index (χ4v) is 3.59. The molecule has 0 aromatic heterocycles. The van der Waals surface area contributed by atoms with Gasteiger partial charge in [-0.25, -0.2) is 4.79 Å². The van der Waals surface area contributed by atoms with Gasteiger partial charge in [-0.15, -0.1) is 0 Å². The fraction of sp³-hybridized carbons (Fsp3) is 0.0417. The number of nitrogens with zero attached hydrogens (tertiary/aromatic N) is 1. The highest BCUT2D eigenvalue weighted by Gasteiger charge is 2.47. The lowest BCUT2D eigenvalue weighted by molar-refractivity contribution is -0.132. The van der Waals surface area contributed by atoms with Crippen molar-refractivity contribution in [2.24, 2.45) is 0 Å². The number of rotatable bonds is 4. The van der Waals surface area contributed by atoms with Crippen LogP contribution in [0.15, 0.2) is 90.5 Å². The smallest absolute Gasteiger partial charge is 0.335 e. The number of Topliss-reactive ketones (excluding diaryl/α,β-unsaturated/α-hetero) is 1. The molecule has 6 nitrogen and oxygen atoms in total. The lowest BCUT2D eigenvalue weighted by Crippen LogP contribution is -2.29. The number of amides is 1. The first-order chi connectivity index (χ1) is 14.5. The first kappa shape index (κ1) is 19.1. The van der Waals surface area contributed by atoms with Gasteiger partial charge in [0.1, 0.15) is 5.76 Å². The molecule has 1 aliphatic rings. The predicted molar refractivity (Wildman–Crippen MR) is 111 cm³/mol. The second-order valence-corrected chi connectivity index (χ2v) is 6.80. The summed E-state index contributed by atoms with van der Waals surface area (Å²) in [5, 5.41) is 20.3. The maximum Gasteiger partial charge on any atom is 0.335 e. The van der Waals surface area contributed by atoms with Crippen LogP contribution in [-0.4, -0.2) is 27.9 Å². The van der Waals surface area contributed by atoms with E-state index in [0.29, 0.717) is 11.1 Å². The minimum atomic E-state index is -1.14. The van der Waals surface area contributed by atoms with Crippen molar-refractivity contribution in [3.05, 3.63) is 107 Å². The average Bonchev–Trinajstić information content (AvgIpc) is 3.05. The van der Waals surface area contributed by atoms with Crippen LogP contribution in [0, 0.1) is 0 Å². The number of hydrogen-bond donors (Lipinski definition) is 2. The van der Waals surface area contributed by atoms with Gasteiger partial charge in [0.15, 0.2) is 0 Å². The molecule has 0 spiro atoms. The molecule has 3 aromatic carbocycles. The van der Waals surface area contributed by atoms with E-state index in [1.807, 2.05) is 0 Å². The Bertz CT molecular complexity index is 1170. The molecule has 0 bridgehead atoms. The Hall–Kier alpha value is -4.19. The largest absolute Gasteiger partial charge is 0.507 e. The van der Waals surface area contributed by atoms with E-state index in [1.165, 1.54) is 23.1 Å². The highest BCUT2D eigenvalue weighted by molar-refractivity contribution is 6.51. The van der Waals surface area contributed by atoms with Crippen molar-refractivity contribution in [1.82, 2.24) is 0 Å². The zero-order valence-corrected chi connectivity index (χ0v) is 15.7. The van der Waals surface area contributed by atoms with Crippen molar-refractivity contribution in [3.63, 3.8) is 0 Å². The molecule has 148 valence electrons. The van der Waals surface area contributed by atoms with E-state index < -0.39 is 23.7 Å². The molecule has 2 N–H and O–H groups in total. The van der Waals surface area contributed by atoms with Crippen molar-refractivity contribution < 1.29 is 24.6 Å². The molecule has 30 heavy (non-hydrogen) atoms. The van der Waals surface area contributed by atoms with Gasteiger partial charge in [0.2, 0.25) is 0 Å². The standard InChI is InChI=1S/C24H17NO5/c26-21(16-10-5-2-6-11-16)19-20(15-8-3-1-4-9-15)25(23(28)22(19)27)18-13-7-12-17(14-18)24(29)30/h1-14,20,26H,(H,29,30). The predicted octanol–water partition coefficient (Wildman–Crippen LogP) is 4.01. The highest BCUT2D eigenvalue weighted by Crippen LogP contribution is 2.42. The zero-order valence-electron chi connectivity index (χ0n) is 15.7. The lowest BCUT2D eigenvalue weighted by atomic mass is 9.95. The van der Waals surface area contributed by atoms with Crippen LogP contribution in [0.3, 0.4) is 0 Å². The molecule has 1 saturated heterocycles. The summed E-state index contributed by atoms with van der Waals surface area (Å²) in [5.41, 5.74) is 1.24. The third-order valence-corrected chi connectivity index (χ3v) is 4.98. The molecule has 0 radical (unpaired) electrons. The van der Waals surface area contributed by atoms with Crippen molar-refractivity contribution in [2.45, 2.75) is 6.04 Å². The maximum absolute atomic E-state index is 13.0. The van der Waals surface area contributed by atoms with E-state index in [1.54, 1.807) is 66.7 Å². The molecule has 0 aliphatic carbocycles. The SMILES string of the molecule is O=C1C(=O)N(c2cccc(C(=O)O)c2)C(c2ccccc2)C1=C(O)c1ccccc1. The van der Waals surface area contributed by atoms with E-state index in [4.69, 9.17) is 0 Å². The van der Waals surface area contributed by atoms with Crippen molar-refractivity contribution >= 4 is 29.1 Å². The van der Waals surface area contributed by atoms with Gasteiger partial charge in [0.25, 0.3) is 11.7 Å². The fourth-order valence-electron chi connectivity index (χ4n) is 3.59. The molecule has 3 aromatic rings. The molecule has 1 heterocycles. The summed E-state index contributed by atoms with van der Waals surface area (Å²) in [6.45, 7) is 0. The lowest BCUT2D eigenvalue weighted by Gasteiger charge is -2.25. The van der Waals surface area contributed by atoms with Gasteiger partial charge >= 0.3 is 5.97 Å². The van der Waals surface area contributed by atoms with Crippen LogP contribution >= 0.6 is 0 Å². The first-order valence-electron chi connectivity index (χ1n) is 9.24. The van der Waals surface area contributed by atoms with Crippen LogP contribution in [0.2, 0.25) is 0 Å². The topological polar surface area (TPSA) is 94.9 Å². The Morgan fingerprint density at radius 2 is 1.37 bits per heavy atom. The third-order valence-electron chi connectivity index (χ3n) is 4.98. The number of benzene rings is 3. The van der Waals surface area contributed by atoms with E-state index in [0.717, 1.165) is 0 Å². The summed E-state index contributed by atoms with van der Waals surface area (Å²) in [7, 11) is 0. The Morgan fingerprint density at radius 3 is 2.00 bits per heavy atom. The van der Waals surface area contributed by atoms with Gasteiger partial charge in [-0.05, 0) is 23.8 Å². The summed E-state index contributed by atoms with van der Waals surface area (Å²) in [4.78, 5) is 38.6. The van der Waals surface area contributed by atoms with Crippen LogP contribution in [0.25, 0.3) is 5.76 Å². The third kappa shape index (κ3) is 3.24. The quantitative estimate of drug-likeness (QED) is 0.393. The number of carbonyl (C=O) groups excluding carboxylic acids is 2. The van der Waals surface area contributed by atoms with Crippen LogP contribution in [0.4, 0.5) is 5.69 Å². The first-order valence-corrected chi connectivity index (χ1v) is 9.24. The van der Waals surface area contributed by atoms with Crippen LogP contribution in [0.5, 0.6) is 0 Å². The van der Waals surface area contributed by atoms with Gasteiger partial charge in [0.05, 0.1) is 17.2 Å². The number of carboxylic acids is 1. The Kier molecular flexibility index (Phi) is 4.90. The number of aliphatic hydroxyl groups is 1. The zero-order chi connectivity index (χ0) is 21.3. The summed E-state index contributed by atoms with van der Waals surface area (Å²) in [6.07, 6.45) is 0. The average molecular weight is 399 g/mol. The van der Waals surface area contributed by atoms with E-state index in [-0.39, 0.29) is 22.6 Å². The second kappa shape index (κ2) is 7.67. The monoisotopic (exact) mass is 399 g/mol. The summed E-state index contributed by atoms with van der Waals surface area (Å²) in [6, 6.07) is 22.3. The van der Waals surface area contributed by atoms with Gasteiger partial charge in [-0.2, -0.15) is 0 Å². The molecular weight excluding hydrogens is 382 g/mol. The van der Waals surface area contributed by atoms with E-state index >= 15 is 0 Å². The number of hydrogen-bond acceptors (Lipinski definition) is 4. The van der Waals surface area contributed by atoms with Gasteiger partial charge < -0.3 is 10.2 Å². The minimum absolute atomic E-state index is 0.00993. The normalized spacial score (nSPS) is 17.9. The number of carbonyl (C=O) groups is 3. The molecule has 6 heteroatoms. The molecule has 1 atom stereocenters.